The number of carbonyl (C=O) groups excluding carboxylic acids is 1. The number of pyridine rings is 1. The molecule has 1 aromatic heterocycles. The number of aromatic nitrogens is 1. The van der Waals surface area contributed by atoms with Gasteiger partial charge in [-0.1, -0.05) is 43.0 Å². The minimum Gasteiger partial charge on any atom is -0.335 e. The van der Waals surface area contributed by atoms with Crippen LogP contribution in [0, 0.1) is 0 Å². The number of nitrogens with zero attached hydrogens (tertiary/aromatic N) is 2. The van der Waals surface area contributed by atoms with Gasteiger partial charge in [-0.15, -0.1) is 0 Å². The number of amides is 1. The van der Waals surface area contributed by atoms with Crippen molar-refractivity contribution in [3.63, 3.8) is 0 Å². The third-order valence-corrected chi connectivity index (χ3v) is 7.54. The first-order valence-corrected chi connectivity index (χ1v) is 11.7. The molecule has 2 heterocycles. The maximum atomic E-state index is 12.9. The number of carbonyl (C=O) groups is 1. The van der Waals surface area contributed by atoms with Crippen LogP contribution in [-0.4, -0.2) is 53.6 Å². The molecule has 0 radical (unpaired) electrons. The second-order valence-electron chi connectivity index (χ2n) is 6.75. The fourth-order valence-corrected chi connectivity index (χ4v) is 5.80. The van der Waals surface area contributed by atoms with Crippen molar-refractivity contribution in [2.45, 2.75) is 43.8 Å². The zero-order chi connectivity index (χ0) is 18.7. The van der Waals surface area contributed by atoms with Gasteiger partial charge in [-0.05, 0) is 31.9 Å². The Hall–Kier alpha value is -1.60. The number of hydrogen-bond acceptors (Lipinski definition) is 5. The SMILES string of the molecule is CCC(C)N(C(=O)CSc1ccc2ccccc2n1)C1CCS(=O)(=O)C1. The van der Waals surface area contributed by atoms with Crippen LogP contribution >= 0.6 is 11.8 Å². The van der Waals surface area contributed by atoms with Gasteiger partial charge in [-0.3, -0.25) is 4.79 Å². The maximum Gasteiger partial charge on any atom is 0.233 e. The molecule has 0 aliphatic carbocycles. The molecule has 26 heavy (non-hydrogen) atoms. The topological polar surface area (TPSA) is 67.3 Å². The number of rotatable bonds is 6. The van der Waals surface area contributed by atoms with E-state index in [4.69, 9.17) is 0 Å². The first-order chi connectivity index (χ1) is 12.4. The summed E-state index contributed by atoms with van der Waals surface area (Å²) in [5, 5.41) is 1.88. The van der Waals surface area contributed by atoms with Crippen LogP contribution in [0.2, 0.25) is 0 Å². The third kappa shape index (κ3) is 4.38. The summed E-state index contributed by atoms with van der Waals surface area (Å²) in [6.07, 6.45) is 1.35. The van der Waals surface area contributed by atoms with E-state index < -0.39 is 9.84 Å². The fourth-order valence-electron chi connectivity index (χ4n) is 3.34. The summed E-state index contributed by atoms with van der Waals surface area (Å²) in [4.78, 5) is 19.2. The van der Waals surface area contributed by atoms with Crippen LogP contribution in [0.15, 0.2) is 41.4 Å². The highest BCUT2D eigenvalue weighted by Gasteiger charge is 2.36. The Bertz CT molecular complexity index is 899. The van der Waals surface area contributed by atoms with E-state index in [1.54, 1.807) is 4.90 Å². The predicted molar refractivity (Wildman–Crippen MR) is 106 cm³/mol. The van der Waals surface area contributed by atoms with Crippen molar-refractivity contribution in [1.29, 1.82) is 0 Å². The lowest BCUT2D eigenvalue weighted by atomic mass is 10.1. The normalized spacial score (nSPS) is 20.2. The number of para-hydroxylation sites is 1. The smallest absolute Gasteiger partial charge is 0.233 e. The number of benzene rings is 1. The molecule has 2 aromatic rings. The van der Waals surface area contributed by atoms with E-state index in [1.165, 1.54) is 11.8 Å². The van der Waals surface area contributed by atoms with Gasteiger partial charge in [-0.2, -0.15) is 0 Å². The quantitative estimate of drug-likeness (QED) is 0.707. The highest BCUT2D eigenvalue weighted by molar-refractivity contribution is 7.99. The van der Waals surface area contributed by atoms with E-state index in [-0.39, 0.29) is 35.2 Å². The molecule has 1 aliphatic heterocycles. The van der Waals surface area contributed by atoms with Crippen LogP contribution in [0.4, 0.5) is 0 Å². The van der Waals surface area contributed by atoms with Gasteiger partial charge in [0.2, 0.25) is 5.91 Å². The first-order valence-electron chi connectivity index (χ1n) is 8.90. The van der Waals surface area contributed by atoms with Gasteiger partial charge in [0.25, 0.3) is 0 Å². The monoisotopic (exact) mass is 392 g/mol. The van der Waals surface area contributed by atoms with Gasteiger partial charge >= 0.3 is 0 Å². The van der Waals surface area contributed by atoms with Crippen molar-refractivity contribution in [2.75, 3.05) is 17.3 Å². The molecule has 1 aromatic carbocycles. The van der Waals surface area contributed by atoms with Gasteiger partial charge in [-0.25, -0.2) is 13.4 Å². The molecule has 7 heteroatoms. The number of sulfone groups is 1. The number of hydrogen-bond donors (Lipinski definition) is 0. The van der Waals surface area contributed by atoms with E-state index >= 15 is 0 Å². The van der Waals surface area contributed by atoms with Crippen molar-refractivity contribution in [1.82, 2.24) is 9.88 Å². The zero-order valence-corrected chi connectivity index (χ0v) is 16.7. The Balaban J connectivity index is 1.70. The average Bonchev–Trinajstić information content (AvgIpc) is 2.99. The van der Waals surface area contributed by atoms with Crippen molar-refractivity contribution in [3.05, 3.63) is 36.4 Å². The summed E-state index contributed by atoms with van der Waals surface area (Å²) in [6, 6.07) is 11.6. The van der Waals surface area contributed by atoms with Crippen molar-refractivity contribution in [3.8, 4) is 0 Å². The highest BCUT2D eigenvalue weighted by atomic mass is 32.2. The molecule has 0 saturated carbocycles. The van der Waals surface area contributed by atoms with E-state index in [0.717, 1.165) is 22.3 Å². The Kier molecular flexibility index (Phi) is 5.87. The lowest BCUT2D eigenvalue weighted by Gasteiger charge is -2.33. The molecular formula is C19H24N2O3S2. The largest absolute Gasteiger partial charge is 0.335 e. The second-order valence-corrected chi connectivity index (χ2v) is 9.97. The van der Waals surface area contributed by atoms with Crippen LogP contribution in [0.1, 0.15) is 26.7 Å². The van der Waals surface area contributed by atoms with E-state index in [9.17, 15) is 13.2 Å². The van der Waals surface area contributed by atoms with Crippen molar-refractivity contribution < 1.29 is 13.2 Å². The Morgan fingerprint density at radius 1 is 1.31 bits per heavy atom. The number of fused-ring (bicyclic) bond motifs is 1. The van der Waals surface area contributed by atoms with Gasteiger partial charge in [0.15, 0.2) is 9.84 Å². The summed E-state index contributed by atoms with van der Waals surface area (Å²) < 4.78 is 23.7. The molecule has 0 bridgehead atoms. The molecule has 1 fully saturated rings. The van der Waals surface area contributed by atoms with Gasteiger partial charge < -0.3 is 4.90 Å². The van der Waals surface area contributed by atoms with E-state index in [0.29, 0.717) is 6.42 Å². The second kappa shape index (κ2) is 7.96. The van der Waals surface area contributed by atoms with Gasteiger partial charge in [0.1, 0.15) is 0 Å². The minimum absolute atomic E-state index is 0.0126. The standard InChI is InChI=1S/C19H24N2O3S2/c1-3-14(2)21(16-10-11-26(23,24)13-16)19(22)12-25-18-9-8-15-6-4-5-7-17(15)20-18/h4-9,14,16H,3,10-13H2,1-2H3. The van der Waals surface area contributed by atoms with Gasteiger partial charge in [0.05, 0.1) is 27.8 Å². The molecule has 5 nitrogen and oxygen atoms in total. The maximum absolute atomic E-state index is 12.9. The van der Waals surface area contributed by atoms with Crippen LogP contribution in [0.3, 0.4) is 0 Å². The molecule has 1 saturated heterocycles. The Morgan fingerprint density at radius 2 is 2.08 bits per heavy atom. The fraction of sp³-hybridized carbons (Fsp3) is 0.474. The lowest BCUT2D eigenvalue weighted by molar-refractivity contribution is -0.132. The number of thioether (sulfide) groups is 1. The van der Waals surface area contributed by atoms with Crippen LogP contribution in [0.25, 0.3) is 10.9 Å². The Morgan fingerprint density at radius 3 is 2.77 bits per heavy atom. The molecule has 3 rings (SSSR count). The summed E-state index contributed by atoms with van der Waals surface area (Å²) in [6.45, 7) is 4.01. The molecule has 140 valence electrons. The average molecular weight is 393 g/mol. The zero-order valence-electron chi connectivity index (χ0n) is 15.1. The third-order valence-electron chi connectivity index (χ3n) is 4.87. The summed E-state index contributed by atoms with van der Waals surface area (Å²) in [5.74, 6) is 0.521. The Labute approximate surface area is 159 Å². The minimum atomic E-state index is -3.02. The van der Waals surface area contributed by atoms with Crippen LogP contribution < -0.4 is 0 Å². The van der Waals surface area contributed by atoms with Gasteiger partial charge in [0, 0.05) is 17.5 Å². The molecule has 2 unspecified atom stereocenters. The summed E-state index contributed by atoms with van der Waals surface area (Å²) in [7, 11) is -3.02. The molecule has 0 spiro atoms. The first kappa shape index (κ1) is 19.2. The molecule has 1 aliphatic rings. The predicted octanol–water partition coefficient (Wildman–Crippen LogP) is 3.14. The summed E-state index contributed by atoms with van der Waals surface area (Å²) >= 11 is 1.41. The van der Waals surface area contributed by atoms with Crippen molar-refractivity contribution in [2.24, 2.45) is 0 Å². The van der Waals surface area contributed by atoms with Crippen LogP contribution in [-0.2, 0) is 14.6 Å². The van der Waals surface area contributed by atoms with E-state index in [2.05, 4.69) is 4.98 Å². The lowest BCUT2D eigenvalue weighted by Crippen LogP contribution is -2.47. The molecule has 0 N–H and O–H groups in total. The highest BCUT2D eigenvalue weighted by Crippen LogP contribution is 2.25. The van der Waals surface area contributed by atoms with Crippen LogP contribution in [0.5, 0.6) is 0 Å². The molecular weight excluding hydrogens is 368 g/mol. The molecule has 2 atom stereocenters. The van der Waals surface area contributed by atoms with E-state index in [1.807, 2.05) is 50.2 Å². The molecule has 1 amide bonds. The van der Waals surface area contributed by atoms with Crippen molar-refractivity contribution >= 4 is 38.4 Å². The summed E-state index contributed by atoms with van der Waals surface area (Å²) in [5.41, 5.74) is 0.908.